The molecule has 1 unspecified atom stereocenters. The number of nitriles is 2. The number of nitrogens with zero attached hydrogens (tertiary/aromatic N) is 4. The summed E-state index contributed by atoms with van der Waals surface area (Å²) < 4.78 is 5.33. The molecule has 1 aromatic heterocycles. The van der Waals surface area contributed by atoms with Gasteiger partial charge in [0.25, 0.3) is 0 Å². The molecule has 148 valence electrons. The number of hydrogen-bond donors (Lipinski definition) is 1. The lowest BCUT2D eigenvalue weighted by molar-refractivity contribution is -0.117. The maximum Gasteiger partial charge on any atom is 0.235 e. The molecular formula is C21H21N5O2S. The minimum atomic E-state index is -0.690. The molecule has 1 atom stereocenters. The molecule has 0 spiro atoms. The number of carbonyl (C=O) groups excluding carboxylic acids is 1. The van der Waals surface area contributed by atoms with Crippen LogP contribution in [0.2, 0.25) is 0 Å². The van der Waals surface area contributed by atoms with Gasteiger partial charge in [-0.1, -0.05) is 49.0 Å². The number of rotatable bonds is 7. The van der Waals surface area contributed by atoms with Crippen molar-refractivity contribution in [1.82, 2.24) is 4.98 Å². The van der Waals surface area contributed by atoms with Crippen molar-refractivity contribution in [3.63, 3.8) is 0 Å². The van der Waals surface area contributed by atoms with Crippen molar-refractivity contribution >= 4 is 23.5 Å². The molecule has 29 heavy (non-hydrogen) atoms. The van der Waals surface area contributed by atoms with Crippen LogP contribution < -0.4 is 10.6 Å². The number of pyridine rings is 1. The first-order valence-electron chi connectivity index (χ1n) is 9.19. The Morgan fingerprint density at radius 1 is 1.31 bits per heavy atom. The van der Waals surface area contributed by atoms with Crippen LogP contribution in [-0.4, -0.2) is 37.2 Å². The highest BCUT2D eigenvalue weighted by atomic mass is 32.2. The second-order valence-electron chi connectivity index (χ2n) is 6.62. The van der Waals surface area contributed by atoms with Gasteiger partial charge in [0, 0.05) is 20.2 Å². The number of nitrogens with two attached hydrogens (primary N) is 1. The first-order chi connectivity index (χ1) is 14.0. The molecule has 8 heteroatoms. The molecule has 7 nitrogen and oxygen atoms in total. The molecule has 1 saturated heterocycles. The summed E-state index contributed by atoms with van der Waals surface area (Å²) in [4.78, 5) is 18.8. The monoisotopic (exact) mass is 407 g/mol. The van der Waals surface area contributed by atoms with Crippen LogP contribution in [0.15, 0.2) is 35.4 Å². The van der Waals surface area contributed by atoms with E-state index in [0.717, 1.165) is 17.3 Å². The van der Waals surface area contributed by atoms with Gasteiger partial charge in [0.1, 0.15) is 28.2 Å². The van der Waals surface area contributed by atoms with E-state index in [0.29, 0.717) is 47.0 Å². The number of amides is 1. The van der Waals surface area contributed by atoms with E-state index in [2.05, 4.69) is 17.1 Å². The molecular weight excluding hydrogens is 386 g/mol. The van der Waals surface area contributed by atoms with Crippen molar-refractivity contribution in [2.75, 3.05) is 25.1 Å². The molecule has 1 aliphatic rings. The first kappa shape index (κ1) is 20.7. The van der Waals surface area contributed by atoms with Crippen LogP contribution in [0.3, 0.4) is 0 Å². The van der Waals surface area contributed by atoms with Gasteiger partial charge in [-0.25, -0.2) is 4.98 Å². The number of thioether (sulfide) groups is 1. The number of ether oxygens (including phenoxy) is 1. The number of primary amides is 1. The van der Waals surface area contributed by atoms with E-state index in [1.807, 2.05) is 42.2 Å². The molecule has 3 rings (SSSR count). The predicted molar refractivity (Wildman–Crippen MR) is 110 cm³/mol. The zero-order valence-corrected chi connectivity index (χ0v) is 17.1. The second kappa shape index (κ2) is 8.95. The van der Waals surface area contributed by atoms with Gasteiger partial charge in [0.2, 0.25) is 5.91 Å². The number of methoxy groups -OCH3 is 1. The minimum Gasteiger partial charge on any atom is -0.378 e. The summed E-state index contributed by atoms with van der Waals surface area (Å²) in [6.45, 7) is 3.14. The Bertz CT molecular complexity index is 991. The van der Waals surface area contributed by atoms with Gasteiger partial charge in [-0.3, -0.25) is 4.79 Å². The molecule has 0 radical (unpaired) electrons. The molecule has 2 N–H and O–H groups in total. The SMILES string of the molecule is CCc1c(C#N)c(SC(C(N)=O)c2ccccc2)nc(N2CC(OC)C2)c1C#N. The van der Waals surface area contributed by atoms with Crippen molar-refractivity contribution in [3.05, 3.63) is 52.6 Å². The molecule has 2 aromatic rings. The fourth-order valence-corrected chi connectivity index (χ4v) is 4.35. The molecule has 1 amide bonds. The third kappa shape index (κ3) is 4.04. The lowest BCUT2D eigenvalue weighted by atomic mass is 10.0. The van der Waals surface area contributed by atoms with Crippen LogP contribution in [-0.2, 0) is 16.0 Å². The Hall–Kier alpha value is -3.07. The van der Waals surface area contributed by atoms with E-state index in [9.17, 15) is 15.3 Å². The smallest absolute Gasteiger partial charge is 0.235 e. The Balaban J connectivity index is 2.09. The van der Waals surface area contributed by atoms with E-state index >= 15 is 0 Å². The van der Waals surface area contributed by atoms with E-state index in [1.165, 1.54) is 0 Å². The summed E-state index contributed by atoms with van der Waals surface area (Å²) in [5.74, 6) is 0.00896. The molecule has 0 bridgehead atoms. The van der Waals surface area contributed by atoms with Crippen molar-refractivity contribution in [2.24, 2.45) is 5.73 Å². The topological polar surface area (TPSA) is 116 Å². The number of benzene rings is 1. The average molecular weight is 407 g/mol. The van der Waals surface area contributed by atoms with Gasteiger partial charge in [-0.05, 0) is 17.5 Å². The Morgan fingerprint density at radius 3 is 2.48 bits per heavy atom. The molecule has 1 aromatic carbocycles. The third-order valence-electron chi connectivity index (χ3n) is 4.90. The van der Waals surface area contributed by atoms with E-state index in [1.54, 1.807) is 7.11 Å². The van der Waals surface area contributed by atoms with Gasteiger partial charge in [0.15, 0.2) is 0 Å². The van der Waals surface area contributed by atoms with E-state index < -0.39 is 11.2 Å². The van der Waals surface area contributed by atoms with E-state index in [4.69, 9.17) is 10.5 Å². The standard InChI is InChI=1S/C21H21N5O2S/c1-3-15-16(9-22)20(26-11-14(12-26)28-2)25-21(17(15)10-23)29-18(19(24)27)13-7-5-4-6-8-13/h4-8,14,18H,3,11-12H2,1-2H3,(H2,24,27). The van der Waals surface area contributed by atoms with Crippen LogP contribution in [0, 0.1) is 22.7 Å². The highest BCUT2D eigenvalue weighted by molar-refractivity contribution is 8.00. The van der Waals surface area contributed by atoms with Gasteiger partial charge < -0.3 is 15.4 Å². The van der Waals surface area contributed by atoms with Crippen molar-refractivity contribution in [3.8, 4) is 12.1 Å². The largest absolute Gasteiger partial charge is 0.378 e. The molecule has 1 fully saturated rings. The number of hydrogen-bond acceptors (Lipinski definition) is 7. The number of carbonyl (C=O) groups is 1. The van der Waals surface area contributed by atoms with Crippen LogP contribution >= 0.6 is 11.8 Å². The van der Waals surface area contributed by atoms with Gasteiger partial charge in [-0.15, -0.1) is 0 Å². The highest BCUT2D eigenvalue weighted by Gasteiger charge is 2.33. The maximum atomic E-state index is 12.2. The fourth-order valence-electron chi connectivity index (χ4n) is 3.29. The summed E-state index contributed by atoms with van der Waals surface area (Å²) in [5, 5.41) is 19.3. The number of anilines is 1. The Morgan fingerprint density at radius 2 is 1.97 bits per heavy atom. The van der Waals surface area contributed by atoms with Crippen LogP contribution in [0.1, 0.15) is 34.4 Å². The van der Waals surface area contributed by atoms with Gasteiger partial charge in [0.05, 0.1) is 17.2 Å². The van der Waals surface area contributed by atoms with Crippen molar-refractivity contribution < 1.29 is 9.53 Å². The zero-order valence-electron chi connectivity index (χ0n) is 16.3. The fraction of sp³-hybridized carbons (Fsp3) is 0.333. The van der Waals surface area contributed by atoms with Gasteiger partial charge in [-0.2, -0.15) is 10.5 Å². The average Bonchev–Trinajstić information content (AvgIpc) is 2.70. The third-order valence-corrected chi connectivity index (χ3v) is 6.16. The Labute approximate surface area is 174 Å². The zero-order chi connectivity index (χ0) is 21.0. The number of aromatic nitrogens is 1. The molecule has 1 aliphatic heterocycles. The van der Waals surface area contributed by atoms with Crippen LogP contribution in [0.5, 0.6) is 0 Å². The van der Waals surface area contributed by atoms with Crippen molar-refractivity contribution in [1.29, 1.82) is 10.5 Å². The Kier molecular flexibility index (Phi) is 6.38. The summed E-state index contributed by atoms with van der Waals surface area (Å²) in [6.07, 6.45) is 0.589. The lowest BCUT2D eigenvalue weighted by Crippen LogP contribution is -2.52. The van der Waals surface area contributed by atoms with Crippen LogP contribution in [0.25, 0.3) is 0 Å². The summed E-state index contributed by atoms with van der Waals surface area (Å²) in [5.41, 5.74) is 7.76. The molecule has 0 saturated carbocycles. The summed E-state index contributed by atoms with van der Waals surface area (Å²) >= 11 is 1.15. The van der Waals surface area contributed by atoms with Crippen LogP contribution in [0.4, 0.5) is 5.82 Å². The van der Waals surface area contributed by atoms with Crippen molar-refractivity contribution in [2.45, 2.75) is 29.7 Å². The molecule has 2 heterocycles. The summed E-state index contributed by atoms with van der Waals surface area (Å²) in [6, 6.07) is 13.5. The quantitative estimate of drug-likeness (QED) is 0.701. The lowest BCUT2D eigenvalue weighted by Gasteiger charge is -2.39. The minimum absolute atomic E-state index is 0.0860. The second-order valence-corrected chi connectivity index (χ2v) is 7.71. The van der Waals surface area contributed by atoms with E-state index in [-0.39, 0.29) is 6.10 Å². The summed E-state index contributed by atoms with van der Waals surface area (Å²) in [7, 11) is 1.65. The first-order valence-corrected chi connectivity index (χ1v) is 10.1. The molecule has 0 aliphatic carbocycles. The van der Waals surface area contributed by atoms with Gasteiger partial charge >= 0.3 is 0 Å². The normalized spacial score (nSPS) is 14.6. The maximum absolute atomic E-state index is 12.2. The predicted octanol–water partition coefficient (Wildman–Crippen LogP) is 2.54. The highest BCUT2D eigenvalue weighted by Crippen LogP contribution is 2.40.